The number of amides is 2. The van der Waals surface area contributed by atoms with Crippen LogP contribution in [0.15, 0.2) is 66.7 Å². The number of hydrogen-bond acceptors (Lipinski definition) is 5. The van der Waals surface area contributed by atoms with Crippen LogP contribution in [0.1, 0.15) is 40.1 Å². The predicted molar refractivity (Wildman–Crippen MR) is 150 cm³/mol. The van der Waals surface area contributed by atoms with Crippen LogP contribution in [0.25, 0.3) is 0 Å². The Balaban J connectivity index is 1.54. The first kappa shape index (κ1) is 26.1. The Morgan fingerprint density at radius 3 is 2.16 bits per heavy atom. The zero-order chi connectivity index (χ0) is 26.4. The summed E-state index contributed by atoms with van der Waals surface area (Å²) >= 11 is 0. The molecule has 1 aliphatic heterocycles. The third kappa shape index (κ3) is 6.42. The van der Waals surface area contributed by atoms with E-state index in [1.807, 2.05) is 49.4 Å². The summed E-state index contributed by atoms with van der Waals surface area (Å²) in [6.45, 7) is 9.83. The molecule has 1 fully saturated rings. The fourth-order valence-electron chi connectivity index (χ4n) is 4.45. The molecule has 194 valence electrons. The van der Waals surface area contributed by atoms with Crippen molar-refractivity contribution in [2.45, 2.75) is 20.8 Å². The highest BCUT2D eigenvalue weighted by Crippen LogP contribution is 2.31. The number of carbonyl (C=O) groups excluding carboxylic acids is 2. The first-order chi connectivity index (χ1) is 17.9. The van der Waals surface area contributed by atoms with Crippen LogP contribution in [0.5, 0.6) is 5.75 Å². The molecule has 1 saturated heterocycles. The summed E-state index contributed by atoms with van der Waals surface area (Å²) < 4.78 is 5.55. The first-order valence-electron chi connectivity index (χ1n) is 12.8. The monoisotopic (exact) mass is 500 g/mol. The quantitative estimate of drug-likeness (QED) is 0.457. The lowest BCUT2D eigenvalue weighted by atomic mass is 10.1. The van der Waals surface area contributed by atoms with Gasteiger partial charge in [0.25, 0.3) is 11.8 Å². The molecule has 0 bridgehead atoms. The number of nitrogens with one attached hydrogen (secondary N) is 2. The molecule has 0 spiro atoms. The minimum atomic E-state index is -0.202. The Morgan fingerprint density at radius 1 is 0.865 bits per heavy atom. The molecule has 1 aliphatic rings. The van der Waals surface area contributed by atoms with Crippen LogP contribution in [0.4, 0.5) is 17.1 Å². The average molecular weight is 501 g/mol. The van der Waals surface area contributed by atoms with E-state index in [0.717, 1.165) is 48.9 Å². The van der Waals surface area contributed by atoms with Gasteiger partial charge in [0.05, 0.1) is 18.4 Å². The van der Waals surface area contributed by atoms with Gasteiger partial charge >= 0.3 is 0 Å². The highest BCUT2D eigenvalue weighted by molar-refractivity contribution is 6.06. The van der Waals surface area contributed by atoms with Crippen molar-refractivity contribution >= 4 is 28.9 Å². The summed E-state index contributed by atoms with van der Waals surface area (Å²) in [7, 11) is 1.69. The van der Waals surface area contributed by atoms with Crippen LogP contribution in [0.2, 0.25) is 0 Å². The van der Waals surface area contributed by atoms with Crippen molar-refractivity contribution in [3.8, 4) is 5.75 Å². The van der Waals surface area contributed by atoms with E-state index in [1.165, 1.54) is 0 Å². The molecule has 0 unspecified atom stereocenters. The maximum atomic E-state index is 13.2. The van der Waals surface area contributed by atoms with E-state index in [9.17, 15) is 9.59 Å². The van der Waals surface area contributed by atoms with Gasteiger partial charge in [-0.05, 0) is 55.3 Å². The minimum absolute atomic E-state index is 0.137. The lowest BCUT2D eigenvalue weighted by molar-refractivity contribution is 0.0948. The van der Waals surface area contributed by atoms with Crippen molar-refractivity contribution in [1.29, 1.82) is 0 Å². The second-order valence-electron chi connectivity index (χ2n) is 9.80. The maximum Gasteiger partial charge on any atom is 0.255 e. The summed E-state index contributed by atoms with van der Waals surface area (Å²) in [5.41, 5.74) is 4.77. The van der Waals surface area contributed by atoms with Gasteiger partial charge in [0.2, 0.25) is 0 Å². The molecule has 37 heavy (non-hydrogen) atoms. The SMILES string of the molecule is COc1ccccc1N1CCN(c2ccc(NC(=O)c3ccc(C)cc3)cc2C(=O)NCC(C)C)CC1. The Kier molecular flexibility index (Phi) is 8.33. The zero-order valence-electron chi connectivity index (χ0n) is 22.1. The van der Waals surface area contributed by atoms with Crippen molar-refractivity contribution < 1.29 is 14.3 Å². The molecular weight excluding hydrogens is 464 g/mol. The largest absolute Gasteiger partial charge is 0.495 e. The van der Waals surface area contributed by atoms with E-state index >= 15 is 0 Å². The maximum absolute atomic E-state index is 13.2. The number of anilines is 3. The molecule has 7 nitrogen and oxygen atoms in total. The van der Waals surface area contributed by atoms with Gasteiger partial charge in [0.1, 0.15) is 5.75 Å². The van der Waals surface area contributed by atoms with Crippen molar-refractivity contribution in [3.63, 3.8) is 0 Å². The van der Waals surface area contributed by atoms with Crippen LogP contribution < -0.4 is 25.2 Å². The van der Waals surface area contributed by atoms with Crippen LogP contribution in [0, 0.1) is 12.8 Å². The fourth-order valence-corrected chi connectivity index (χ4v) is 4.45. The van der Waals surface area contributed by atoms with Crippen molar-refractivity contribution in [3.05, 3.63) is 83.4 Å². The predicted octanol–water partition coefficient (Wildman–Crippen LogP) is 4.97. The van der Waals surface area contributed by atoms with Gasteiger partial charge in [-0.3, -0.25) is 9.59 Å². The summed E-state index contributed by atoms with van der Waals surface area (Å²) in [6, 6.07) is 21.1. The molecule has 4 rings (SSSR count). The topological polar surface area (TPSA) is 73.9 Å². The lowest BCUT2D eigenvalue weighted by Crippen LogP contribution is -2.47. The minimum Gasteiger partial charge on any atom is -0.495 e. The molecule has 2 N–H and O–H groups in total. The Morgan fingerprint density at radius 2 is 1.51 bits per heavy atom. The van der Waals surface area contributed by atoms with E-state index in [4.69, 9.17) is 4.74 Å². The van der Waals surface area contributed by atoms with Gasteiger partial charge in [0.15, 0.2) is 0 Å². The second-order valence-corrected chi connectivity index (χ2v) is 9.80. The molecule has 3 aromatic carbocycles. The molecule has 2 amide bonds. The number of carbonyl (C=O) groups is 2. The number of ether oxygens (including phenoxy) is 1. The van der Waals surface area contributed by atoms with Crippen molar-refractivity contribution in [1.82, 2.24) is 5.32 Å². The zero-order valence-corrected chi connectivity index (χ0v) is 22.1. The molecule has 1 heterocycles. The van der Waals surface area contributed by atoms with Crippen LogP contribution in [0.3, 0.4) is 0 Å². The Bertz CT molecular complexity index is 1230. The van der Waals surface area contributed by atoms with Gasteiger partial charge in [-0.25, -0.2) is 0 Å². The van der Waals surface area contributed by atoms with E-state index in [0.29, 0.717) is 29.3 Å². The molecule has 0 radical (unpaired) electrons. The molecule has 0 aromatic heterocycles. The summed E-state index contributed by atoms with van der Waals surface area (Å²) in [4.78, 5) is 30.6. The third-order valence-electron chi connectivity index (χ3n) is 6.53. The average Bonchev–Trinajstić information content (AvgIpc) is 2.92. The Labute approximate surface area is 219 Å². The van der Waals surface area contributed by atoms with Crippen LogP contribution in [-0.4, -0.2) is 51.6 Å². The number of hydrogen-bond donors (Lipinski definition) is 2. The van der Waals surface area contributed by atoms with Crippen molar-refractivity contribution in [2.75, 3.05) is 55.0 Å². The smallest absolute Gasteiger partial charge is 0.255 e. The Hall–Kier alpha value is -4.00. The molecular formula is C30H36N4O3. The fraction of sp³-hybridized carbons (Fsp3) is 0.333. The molecule has 0 atom stereocenters. The normalized spacial score (nSPS) is 13.4. The van der Waals surface area contributed by atoms with Gasteiger partial charge in [-0.15, -0.1) is 0 Å². The lowest BCUT2D eigenvalue weighted by Gasteiger charge is -2.38. The highest BCUT2D eigenvalue weighted by Gasteiger charge is 2.24. The number of nitrogens with zero attached hydrogens (tertiary/aromatic N) is 2. The van der Waals surface area contributed by atoms with E-state index in [1.54, 1.807) is 25.3 Å². The number of piperazine rings is 1. The summed E-state index contributed by atoms with van der Waals surface area (Å²) in [5.74, 6) is 0.855. The van der Waals surface area contributed by atoms with Crippen LogP contribution in [-0.2, 0) is 0 Å². The second kappa shape index (κ2) is 11.8. The first-order valence-corrected chi connectivity index (χ1v) is 12.8. The summed E-state index contributed by atoms with van der Waals surface area (Å²) in [5, 5.41) is 5.99. The van der Waals surface area contributed by atoms with Gasteiger partial charge in [0, 0.05) is 49.7 Å². The van der Waals surface area contributed by atoms with E-state index in [-0.39, 0.29) is 11.8 Å². The van der Waals surface area contributed by atoms with Gasteiger partial charge in [-0.2, -0.15) is 0 Å². The molecule has 3 aromatic rings. The number of benzene rings is 3. The standard InChI is InChI=1S/C30H36N4O3/c1-21(2)20-31-30(36)25-19-24(32-29(35)23-11-9-22(3)10-12-23)13-14-26(25)33-15-17-34(18-16-33)27-7-5-6-8-28(27)37-4/h5-14,19,21H,15-18,20H2,1-4H3,(H,31,36)(H,32,35). The highest BCUT2D eigenvalue weighted by atomic mass is 16.5. The number of rotatable bonds is 8. The number of para-hydroxylation sites is 2. The van der Waals surface area contributed by atoms with Gasteiger partial charge < -0.3 is 25.2 Å². The number of aryl methyl sites for hydroxylation is 1. The van der Waals surface area contributed by atoms with Crippen LogP contribution >= 0.6 is 0 Å². The van der Waals surface area contributed by atoms with E-state index < -0.39 is 0 Å². The number of methoxy groups -OCH3 is 1. The molecule has 7 heteroatoms. The summed E-state index contributed by atoms with van der Waals surface area (Å²) in [6.07, 6.45) is 0. The van der Waals surface area contributed by atoms with E-state index in [2.05, 4.69) is 40.3 Å². The van der Waals surface area contributed by atoms with Gasteiger partial charge in [-0.1, -0.05) is 43.7 Å². The molecule has 0 saturated carbocycles. The van der Waals surface area contributed by atoms with Crippen molar-refractivity contribution in [2.24, 2.45) is 5.92 Å². The molecule has 0 aliphatic carbocycles. The third-order valence-corrected chi connectivity index (χ3v) is 6.53.